The Kier molecular flexibility index (Phi) is 4.33. The molecule has 3 atom stereocenters. The molecule has 2 aliphatic heterocycles. The van der Waals surface area contributed by atoms with Gasteiger partial charge in [0.1, 0.15) is 11.9 Å². The molecule has 6 heteroatoms. The predicted molar refractivity (Wildman–Crippen MR) is 91.7 cm³/mol. The van der Waals surface area contributed by atoms with Gasteiger partial charge in [0.15, 0.2) is 0 Å². The van der Waals surface area contributed by atoms with Gasteiger partial charge in [-0.25, -0.2) is 9.97 Å². The molecule has 0 spiro atoms. The molecule has 5 nitrogen and oxygen atoms in total. The van der Waals surface area contributed by atoms with E-state index < -0.39 is 0 Å². The lowest BCUT2D eigenvalue weighted by Crippen LogP contribution is -2.45. The minimum absolute atomic E-state index is 0.0362. The highest BCUT2D eigenvalue weighted by Crippen LogP contribution is 2.40. The van der Waals surface area contributed by atoms with Crippen LogP contribution in [0.2, 0.25) is 0 Å². The van der Waals surface area contributed by atoms with Gasteiger partial charge in [-0.15, -0.1) is 11.3 Å². The Bertz CT molecular complexity index is 719. The summed E-state index contributed by atoms with van der Waals surface area (Å²) in [6, 6.07) is 5.96. The lowest BCUT2D eigenvalue weighted by atomic mass is 9.91. The zero-order chi connectivity index (χ0) is 16.5. The molecule has 0 aromatic carbocycles. The van der Waals surface area contributed by atoms with Gasteiger partial charge in [0.05, 0.1) is 18.2 Å². The Balaban J connectivity index is 1.39. The van der Waals surface area contributed by atoms with E-state index in [1.165, 1.54) is 0 Å². The van der Waals surface area contributed by atoms with E-state index >= 15 is 0 Å². The van der Waals surface area contributed by atoms with Crippen molar-refractivity contribution in [3.05, 3.63) is 46.2 Å². The van der Waals surface area contributed by atoms with Gasteiger partial charge in [-0.2, -0.15) is 0 Å². The molecular formula is C18H21N3O2S. The summed E-state index contributed by atoms with van der Waals surface area (Å²) in [4.78, 5) is 24.3. The number of aromatic nitrogens is 2. The van der Waals surface area contributed by atoms with Crippen molar-refractivity contribution in [2.75, 3.05) is 13.1 Å². The molecule has 4 rings (SSSR count). The van der Waals surface area contributed by atoms with Crippen LogP contribution in [0.15, 0.2) is 29.8 Å². The predicted octanol–water partition coefficient (Wildman–Crippen LogP) is 2.77. The molecule has 2 aliphatic rings. The number of rotatable bonds is 3. The summed E-state index contributed by atoms with van der Waals surface area (Å²) in [5.74, 6) is 1.51. The largest absolute Gasteiger partial charge is 0.367 e. The van der Waals surface area contributed by atoms with E-state index in [1.807, 2.05) is 35.4 Å². The average molecular weight is 343 g/mol. The third-order valence-electron chi connectivity index (χ3n) is 4.94. The molecule has 24 heavy (non-hydrogen) atoms. The quantitative estimate of drug-likeness (QED) is 0.860. The molecule has 0 radical (unpaired) electrons. The zero-order valence-electron chi connectivity index (χ0n) is 13.7. The normalized spacial score (nSPS) is 26.4. The maximum Gasteiger partial charge on any atom is 0.227 e. The highest BCUT2D eigenvalue weighted by molar-refractivity contribution is 7.10. The van der Waals surface area contributed by atoms with E-state index in [1.54, 1.807) is 17.5 Å². The zero-order valence-corrected chi connectivity index (χ0v) is 14.5. The molecule has 2 aromatic rings. The first-order valence-corrected chi connectivity index (χ1v) is 9.32. The van der Waals surface area contributed by atoms with Crippen LogP contribution in [0.1, 0.15) is 35.3 Å². The summed E-state index contributed by atoms with van der Waals surface area (Å²) in [7, 11) is 0. The number of ether oxygens (including phenoxy) is 1. The maximum atomic E-state index is 12.5. The van der Waals surface area contributed by atoms with E-state index in [0.717, 1.165) is 35.8 Å². The van der Waals surface area contributed by atoms with E-state index in [9.17, 15) is 4.79 Å². The number of amides is 1. The molecular weight excluding hydrogens is 322 g/mol. The number of hydrogen-bond acceptors (Lipinski definition) is 5. The fourth-order valence-electron chi connectivity index (χ4n) is 3.68. The standard InChI is InChI=1S/C18H21N3O2S/c1-12-19-6-4-15(20-12)16-9-13-5-7-21(11-17(13)23-16)18(22)10-14-3-2-8-24-14/h2-4,6,8,13,16-17H,5,7,9-11H2,1H3/t13-,16+,17+/m1/s1. The summed E-state index contributed by atoms with van der Waals surface area (Å²) in [6.45, 7) is 3.44. The number of fused-ring (bicyclic) bond motifs is 1. The van der Waals surface area contributed by atoms with Gasteiger partial charge < -0.3 is 9.64 Å². The van der Waals surface area contributed by atoms with Crippen LogP contribution < -0.4 is 0 Å². The Morgan fingerprint density at radius 2 is 2.38 bits per heavy atom. The first kappa shape index (κ1) is 15.7. The Morgan fingerprint density at radius 3 is 3.17 bits per heavy atom. The summed E-state index contributed by atoms with van der Waals surface area (Å²) in [5, 5.41) is 2.02. The lowest BCUT2D eigenvalue weighted by molar-refractivity contribution is -0.134. The summed E-state index contributed by atoms with van der Waals surface area (Å²) in [5.41, 5.74) is 0.966. The fraction of sp³-hybridized carbons (Fsp3) is 0.500. The monoisotopic (exact) mass is 343 g/mol. The third kappa shape index (κ3) is 3.21. The van der Waals surface area contributed by atoms with Crippen molar-refractivity contribution in [3.8, 4) is 0 Å². The number of nitrogens with zero attached hydrogens (tertiary/aromatic N) is 3. The van der Waals surface area contributed by atoms with E-state index in [0.29, 0.717) is 18.9 Å². The number of hydrogen-bond donors (Lipinski definition) is 0. The van der Waals surface area contributed by atoms with E-state index in [2.05, 4.69) is 9.97 Å². The van der Waals surface area contributed by atoms with Gasteiger partial charge >= 0.3 is 0 Å². The van der Waals surface area contributed by atoms with Crippen molar-refractivity contribution < 1.29 is 9.53 Å². The molecule has 2 fully saturated rings. The topological polar surface area (TPSA) is 55.3 Å². The molecule has 2 aromatic heterocycles. The van der Waals surface area contributed by atoms with Gasteiger partial charge in [-0.1, -0.05) is 6.07 Å². The molecule has 4 heterocycles. The van der Waals surface area contributed by atoms with Crippen LogP contribution in [0.4, 0.5) is 0 Å². The van der Waals surface area contributed by atoms with Crippen LogP contribution in [0.3, 0.4) is 0 Å². The minimum atomic E-state index is 0.0362. The number of piperidine rings is 1. The first-order chi connectivity index (χ1) is 11.7. The van der Waals surface area contributed by atoms with Crippen LogP contribution in [-0.4, -0.2) is 40.0 Å². The van der Waals surface area contributed by atoms with Crippen LogP contribution in [0.25, 0.3) is 0 Å². The van der Waals surface area contributed by atoms with Crippen molar-refractivity contribution in [3.63, 3.8) is 0 Å². The van der Waals surface area contributed by atoms with Crippen molar-refractivity contribution in [2.45, 2.75) is 38.4 Å². The van der Waals surface area contributed by atoms with Crippen molar-refractivity contribution in [1.29, 1.82) is 0 Å². The SMILES string of the molecule is Cc1nccc([C@@H]2C[C@H]3CCN(C(=O)Cc4cccs4)C[C@@H]3O2)n1. The van der Waals surface area contributed by atoms with Crippen LogP contribution in [-0.2, 0) is 16.0 Å². The highest BCUT2D eigenvalue weighted by Gasteiger charge is 2.41. The number of aryl methyl sites for hydroxylation is 1. The number of carbonyl (C=O) groups is 1. The van der Waals surface area contributed by atoms with Crippen LogP contribution in [0, 0.1) is 12.8 Å². The molecule has 2 saturated heterocycles. The summed E-state index contributed by atoms with van der Waals surface area (Å²) in [6.07, 6.45) is 4.47. The van der Waals surface area contributed by atoms with E-state index in [-0.39, 0.29) is 18.1 Å². The number of likely N-dealkylation sites (tertiary alicyclic amines) is 1. The highest BCUT2D eigenvalue weighted by atomic mass is 32.1. The summed E-state index contributed by atoms with van der Waals surface area (Å²) >= 11 is 1.64. The van der Waals surface area contributed by atoms with E-state index in [4.69, 9.17) is 4.74 Å². The first-order valence-electron chi connectivity index (χ1n) is 8.44. The Morgan fingerprint density at radius 1 is 1.46 bits per heavy atom. The summed E-state index contributed by atoms with van der Waals surface area (Å²) < 4.78 is 6.24. The second kappa shape index (κ2) is 6.61. The van der Waals surface area contributed by atoms with Crippen molar-refractivity contribution >= 4 is 17.2 Å². The molecule has 126 valence electrons. The van der Waals surface area contributed by atoms with Gasteiger partial charge in [0.2, 0.25) is 5.91 Å². The molecule has 0 N–H and O–H groups in total. The average Bonchev–Trinajstić information content (AvgIpc) is 3.23. The number of thiophene rings is 1. The van der Waals surface area contributed by atoms with Crippen molar-refractivity contribution in [2.24, 2.45) is 5.92 Å². The molecule has 0 aliphatic carbocycles. The number of carbonyl (C=O) groups excluding carboxylic acids is 1. The second-order valence-electron chi connectivity index (χ2n) is 6.57. The van der Waals surface area contributed by atoms with Gasteiger partial charge in [0.25, 0.3) is 0 Å². The van der Waals surface area contributed by atoms with Gasteiger partial charge in [0, 0.05) is 24.2 Å². The molecule has 0 bridgehead atoms. The van der Waals surface area contributed by atoms with Crippen LogP contribution >= 0.6 is 11.3 Å². The lowest BCUT2D eigenvalue weighted by Gasteiger charge is -2.34. The Labute approximate surface area is 145 Å². The molecule has 1 amide bonds. The van der Waals surface area contributed by atoms with Gasteiger partial charge in [-0.3, -0.25) is 4.79 Å². The molecule has 0 unspecified atom stereocenters. The Hall–Kier alpha value is -1.79. The van der Waals surface area contributed by atoms with Gasteiger partial charge in [-0.05, 0) is 43.2 Å². The smallest absolute Gasteiger partial charge is 0.227 e. The molecule has 0 saturated carbocycles. The van der Waals surface area contributed by atoms with Crippen molar-refractivity contribution in [1.82, 2.24) is 14.9 Å². The minimum Gasteiger partial charge on any atom is -0.367 e. The second-order valence-corrected chi connectivity index (χ2v) is 7.60. The fourth-order valence-corrected chi connectivity index (χ4v) is 4.37. The van der Waals surface area contributed by atoms with Crippen LogP contribution in [0.5, 0.6) is 0 Å². The maximum absolute atomic E-state index is 12.5. The third-order valence-corrected chi connectivity index (χ3v) is 5.81.